The molecule has 17 heavy (non-hydrogen) atoms. The number of hydrogen-bond acceptors (Lipinski definition) is 1. The zero-order valence-electron chi connectivity index (χ0n) is 9.75. The van der Waals surface area contributed by atoms with Crippen LogP contribution in [0, 0.1) is 0 Å². The molecule has 0 spiro atoms. The fraction of sp³-hybridized carbons (Fsp3) is 0.200. The van der Waals surface area contributed by atoms with Gasteiger partial charge in [-0.1, -0.05) is 60.7 Å². The maximum atomic E-state index is 4.78. The molecule has 2 aromatic carbocycles. The molecule has 1 atom stereocenters. The van der Waals surface area contributed by atoms with E-state index in [0.29, 0.717) is 6.10 Å². The van der Waals surface area contributed by atoms with Crippen LogP contribution >= 0.6 is 9.47 Å². The van der Waals surface area contributed by atoms with Crippen LogP contribution in [0.15, 0.2) is 60.7 Å². The lowest BCUT2D eigenvalue weighted by atomic mass is 10.1. The van der Waals surface area contributed by atoms with Crippen molar-refractivity contribution in [3.63, 3.8) is 0 Å². The summed E-state index contributed by atoms with van der Waals surface area (Å²) >= 11 is 0. The molecule has 0 saturated heterocycles. The third-order valence-electron chi connectivity index (χ3n) is 2.60. The highest BCUT2D eigenvalue weighted by molar-refractivity contribution is 7.09. The fourth-order valence-corrected chi connectivity index (χ4v) is 1.74. The summed E-state index contributed by atoms with van der Waals surface area (Å²) in [5.74, 6) is 0. The van der Waals surface area contributed by atoms with Crippen molar-refractivity contribution in [3.8, 4) is 11.1 Å². The summed E-state index contributed by atoms with van der Waals surface area (Å²) in [6.07, 6.45) is 3.13. The van der Waals surface area contributed by atoms with Crippen LogP contribution in [0.3, 0.4) is 0 Å². The molecule has 1 fully saturated rings. The second kappa shape index (κ2) is 6.54. The molecular formula is C15H17OP. The van der Waals surface area contributed by atoms with E-state index in [-0.39, 0.29) is 0 Å². The second-order valence-corrected chi connectivity index (χ2v) is 4.34. The van der Waals surface area contributed by atoms with Crippen molar-refractivity contribution in [2.45, 2.75) is 18.9 Å². The van der Waals surface area contributed by atoms with Crippen LogP contribution in [-0.2, 0) is 4.52 Å². The third kappa shape index (κ3) is 4.30. The molecule has 0 aliphatic heterocycles. The molecule has 1 unspecified atom stereocenters. The summed E-state index contributed by atoms with van der Waals surface area (Å²) in [4.78, 5) is 0. The number of rotatable bonds is 2. The van der Waals surface area contributed by atoms with Gasteiger partial charge in [-0.2, -0.15) is 0 Å². The summed E-state index contributed by atoms with van der Waals surface area (Å²) in [5.41, 5.74) is 2.55. The van der Waals surface area contributed by atoms with Crippen LogP contribution < -0.4 is 0 Å². The van der Waals surface area contributed by atoms with E-state index in [4.69, 9.17) is 4.52 Å². The largest absolute Gasteiger partial charge is 0.362 e. The van der Waals surface area contributed by atoms with Crippen molar-refractivity contribution in [3.05, 3.63) is 60.7 Å². The monoisotopic (exact) mass is 244 g/mol. The third-order valence-corrected chi connectivity index (χ3v) is 2.98. The Hall–Kier alpha value is -1.17. The Labute approximate surface area is 105 Å². The molecule has 1 aliphatic rings. The van der Waals surface area contributed by atoms with E-state index < -0.39 is 0 Å². The van der Waals surface area contributed by atoms with Gasteiger partial charge >= 0.3 is 0 Å². The van der Waals surface area contributed by atoms with Gasteiger partial charge in [-0.05, 0) is 24.0 Å². The first kappa shape index (κ1) is 12.3. The van der Waals surface area contributed by atoms with Crippen molar-refractivity contribution in [1.29, 1.82) is 0 Å². The molecule has 0 heterocycles. The molecule has 0 N–H and O–H groups in total. The molecule has 3 rings (SSSR count). The van der Waals surface area contributed by atoms with Crippen LogP contribution in [0.4, 0.5) is 0 Å². The van der Waals surface area contributed by atoms with Crippen molar-refractivity contribution in [2.24, 2.45) is 0 Å². The Balaban J connectivity index is 0.000000181. The number of benzene rings is 2. The van der Waals surface area contributed by atoms with E-state index >= 15 is 0 Å². The van der Waals surface area contributed by atoms with Crippen molar-refractivity contribution >= 4 is 9.47 Å². The number of hydrogen-bond donors (Lipinski definition) is 0. The van der Waals surface area contributed by atoms with E-state index in [2.05, 4.69) is 58.0 Å². The van der Waals surface area contributed by atoms with Gasteiger partial charge in [-0.25, -0.2) is 0 Å². The van der Waals surface area contributed by atoms with Gasteiger partial charge in [0, 0.05) is 9.47 Å². The van der Waals surface area contributed by atoms with Crippen molar-refractivity contribution in [1.82, 2.24) is 0 Å². The van der Waals surface area contributed by atoms with Crippen molar-refractivity contribution < 1.29 is 4.52 Å². The average molecular weight is 244 g/mol. The highest BCUT2D eigenvalue weighted by Crippen LogP contribution is 2.25. The SMILES string of the molecule is POC1CC1.c1ccc(-c2ccccc2)cc1. The lowest BCUT2D eigenvalue weighted by Gasteiger charge is -1.98. The highest BCUT2D eigenvalue weighted by Gasteiger charge is 2.19. The summed E-state index contributed by atoms with van der Waals surface area (Å²) in [6, 6.07) is 20.8. The molecule has 1 nitrogen and oxygen atoms in total. The molecule has 2 aromatic rings. The van der Waals surface area contributed by atoms with Gasteiger partial charge in [0.15, 0.2) is 0 Å². The Morgan fingerprint density at radius 2 is 1.18 bits per heavy atom. The van der Waals surface area contributed by atoms with Crippen molar-refractivity contribution in [2.75, 3.05) is 0 Å². The van der Waals surface area contributed by atoms with E-state index in [9.17, 15) is 0 Å². The average Bonchev–Trinajstić information content (AvgIpc) is 3.25. The van der Waals surface area contributed by atoms with E-state index in [1.165, 1.54) is 24.0 Å². The standard InChI is InChI=1S/C12H10.C3H7OP/c1-3-7-11(8-4-1)12-9-5-2-6-10-12;5-4-3-1-2-3/h1-10H;3H,1-2,5H2. The van der Waals surface area contributed by atoms with Crippen LogP contribution in [0.2, 0.25) is 0 Å². The molecule has 88 valence electrons. The Morgan fingerprint density at radius 1 is 0.765 bits per heavy atom. The Kier molecular flexibility index (Phi) is 4.73. The van der Waals surface area contributed by atoms with Crippen LogP contribution in [0.5, 0.6) is 0 Å². The van der Waals surface area contributed by atoms with Gasteiger partial charge in [-0.3, -0.25) is 0 Å². The zero-order valence-corrected chi connectivity index (χ0v) is 10.9. The zero-order chi connectivity index (χ0) is 11.9. The quantitative estimate of drug-likeness (QED) is 0.715. The summed E-state index contributed by atoms with van der Waals surface area (Å²) in [5, 5.41) is 0. The minimum Gasteiger partial charge on any atom is -0.362 e. The normalized spacial score (nSPS) is 13.7. The maximum absolute atomic E-state index is 4.78. The summed E-state index contributed by atoms with van der Waals surface area (Å²) < 4.78 is 4.78. The van der Waals surface area contributed by atoms with Gasteiger partial charge in [0.05, 0.1) is 6.10 Å². The first-order valence-electron chi connectivity index (χ1n) is 5.86. The lowest BCUT2D eigenvalue weighted by Crippen LogP contribution is -1.73. The first-order valence-corrected chi connectivity index (χ1v) is 6.33. The fourth-order valence-electron chi connectivity index (χ4n) is 1.47. The molecule has 0 bridgehead atoms. The highest BCUT2D eigenvalue weighted by atomic mass is 31.0. The molecule has 0 amide bonds. The molecule has 1 saturated carbocycles. The van der Waals surface area contributed by atoms with Crippen LogP contribution in [-0.4, -0.2) is 6.10 Å². The first-order chi connectivity index (χ1) is 8.40. The minimum atomic E-state index is 0.597. The maximum Gasteiger partial charge on any atom is 0.0612 e. The predicted octanol–water partition coefficient (Wildman–Crippen LogP) is 4.31. The van der Waals surface area contributed by atoms with Gasteiger partial charge in [0.2, 0.25) is 0 Å². The van der Waals surface area contributed by atoms with Gasteiger partial charge in [-0.15, -0.1) is 0 Å². The molecule has 0 radical (unpaired) electrons. The van der Waals surface area contributed by atoms with Gasteiger partial charge in [0.1, 0.15) is 0 Å². The van der Waals surface area contributed by atoms with E-state index in [1.807, 2.05) is 12.1 Å². The van der Waals surface area contributed by atoms with Crippen LogP contribution in [0.1, 0.15) is 12.8 Å². The predicted molar refractivity (Wildman–Crippen MR) is 75.7 cm³/mol. The summed E-state index contributed by atoms with van der Waals surface area (Å²) in [6.45, 7) is 0. The molecular weight excluding hydrogens is 227 g/mol. The lowest BCUT2D eigenvalue weighted by molar-refractivity contribution is 0.358. The van der Waals surface area contributed by atoms with E-state index in [0.717, 1.165) is 0 Å². The minimum absolute atomic E-state index is 0.597. The Morgan fingerprint density at radius 3 is 1.41 bits per heavy atom. The molecule has 0 aromatic heterocycles. The topological polar surface area (TPSA) is 9.23 Å². The van der Waals surface area contributed by atoms with Gasteiger partial charge in [0.25, 0.3) is 0 Å². The molecule has 1 aliphatic carbocycles. The van der Waals surface area contributed by atoms with E-state index in [1.54, 1.807) is 0 Å². The molecule has 2 heteroatoms. The summed E-state index contributed by atoms with van der Waals surface area (Å²) in [7, 11) is 2.26. The van der Waals surface area contributed by atoms with Gasteiger partial charge < -0.3 is 4.52 Å². The Bertz CT molecular complexity index is 386. The van der Waals surface area contributed by atoms with Crippen LogP contribution in [0.25, 0.3) is 11.1 Å². The second-order valence-electron chi connectivity index (χ2n) is 4.07. The smallest absolute Gasteiger partial charge is 0.0612 e.